The third-order valence-corrected chi connectivity index (χ3v) is 4.10. The largest absolute Gasteiger partial charge is 0.389 e. The minimum atomic E-state index is -0.646. The Morgan fingerprint density at radius 2 is 2.10 bits per heavy atom. The number of aliphatic hydroxyl groups is 1. The molecule has 0 bridgehead atoms. The van der Waals surface area contributed by atoms with Crippen molar-refractivity contribution in [3.05, 3.63) is 29.6 Å². The van der Waals surface area contributed by atoms with Crippen LogP contribution in [-0.2, 0) is 4.74 Å². The number of aliphatic hydroxyl groups excluding tert-OH is 1. The Morgan fingerprint density at radius 3 is 2.60 bits per heavy atom. The van der Waals surface area contributed by atoms with Crippen molar-refractivity contribution in [2.75, 3.05) is 25.2 Å². The fraction of sp³-hybridized carbons (Fsp3) is 0.625. The summed E-state index contributed by atoms with van der Waals surface area (Å²) < 4.78 is 19.5. The smallest absolute Gasteiger partial charge is 0.146 e. The maximum atomic E-state index is 14.3. The van der Waals surface area contributed by atoms with Gasteiger partial charge in [0.15, 0.2) is 0 Å². The molecule has 0 saturated heterocycles. The summed E-state index contributed by atoms with van der Waals surface area (Å²) in [4.78, 5) is 2.09. The van der Waals surface area contributed by atoms with Gasteiger partial charge in [-0.25, -0.2) is 4.39 Å². The molecule has 1 fully saturated rings. The Kier molecular flexibility index (Phi) is 5.00. The molecule has 0 amide bonds. The normalized spacial score (nSPS) is 17.9. The summed E-state index contributed by atoms with van der Waals surface area (Å²) in [5.74, 6) is 0.384. The van der Waals surface area contributed by atoms with Gasteiger partial charge in [-0.05, 0) is 50.3 Å². The minimum Gasteiger partial charge on any atom is -0.389 e. The van der Waals surface area contributed by atoms with E-state index >= 15 is 0 Å². The van der Waals surface area contributed by atoms with Crippen LogP contribution < -0.4 is 4.90 Å². The Labute approximate surface area is 120 Å². The molecule has 3 nitrogen and oxygen atoms in total. The lowest BCUT2D eigenvalue weighted by Crippen LogP contribution is -2.37. The summed E-state index contributed by atoms with van der Waals surface area (Å²) in [6, 6.07) is 5.31. The SMILES string of the molecule is COCCN(c1ccc([C@@H](C)O)cc1F)C(C)C1CC1. The molecule has 1 N–H and O–H groups in total. The van der Waals surface area contributed by atoms with Crippen LogP contribution in [0.15, 0.2) is 18.2 Å². The molecule has 0 radical (unpaired) electrons. The van der Waals surface area contributed by atoms with E-state index in [9.17, 15) is 9.50 Å². The first kappa shape index (κ1) is 15.3. The lowest BCUT2D eigenvalue weighted by atomic mass is 10.1. The molecule has 1 unspecified atom stereocenters. The quantitative estimate of drug-likeness (QED) is 0.833. The molecular formula is C16H24FNO2. The van der Waals surface area contributed by atoms with Crippen molar-refractivity contribution >= 4 is 5.69 Å². The minimum absolute atomic E-state index is 0.271. The number of hydrogen-bond donors (Lipinski definition) is 1. The number of halogens is 1. The Bertz CT molecular complexity index is 446. The Morgan fingerprint density at radius 1 is 1.40 bits per heavy atom. The highest BCUT2D eigenvalue weighted by Gasteiger charge is 2.33. The van der Waals surface area contributed by atoms with Crippen LogP contribution in [0.25, 0.3) is 0 Å². The molecule has 4 heteroatoms. The molecule has 1 aromatic rings. The van der Waals surface area contributed by atoms with Gasteiger partial charge in [0.2, 0.25) is 0 Å². The number of nitrogens with zero attached hydrogens (tertiary/aromatic N) is 1. The van der Waals surface area contributed by atoms with E-state index in [0.29, 0.717) is 36.4 Å². The van der Waals surface area contributed by atoms with Gasteiger partial charge in [-0.2, -0.15) is 0 Å². The van der Waals surface area contributed by atoms with E-state index in [1.807, 2.05) is 0 Å². The average molecular weight is 281 g/mol. The zero-order valence-electron chi connectivity index (χ0n) is 12.5. The van der Waals surface area contributed by atoms with Crippen molar-refractivity contribution in [2.24, 2.45) is 5.92 Å². The summed E-state index contributed by atoms with van der Waals surface area (Å²) in [5, 5.41) is 9.53. The number of ether oxygens (including phenoxy) is 1. The van der Waals surface area contributed by atoms with E-state index in [1.165, 1.54) is 18.9 Å². The van der Waals surface area contributed by atoms with Crippen molar-refractivity contribution in [3.63, 3.8) is 0 Å². The fourth-order valence-corrected chi connectivity index (χ4v) is 2.58. The van der Waals surface area contributed by atoms with E-state index in [0.717, 1.165) is 0 Å². The standard InChI is InChI=1S/C16H24FNO2/c1-11(13-4-5-13)18(8-9-20-3)16-7-6-14(12(2)19)10-15(16)17/h6-7,10-13,19H,4-5,8-9H2,1-3H3/t11?,12-/m1/s1. The van der Waals surface area contributed by atoms with Crippen LogP contribution in [0.3, 0.4) is 0 Å². The molecule has 20 heavy (non-hydrogen) atoms. The van der Waals surface area contributed by atoms with Gasteiger partial charge in [0.1, 0.15) is 5.82 Å². The van der Waals surface area contributed by atoms with Crippen LogP contribution in [-0.4, -0.2) is 31.4 Å². The second-order valence-corrected chi connectivity index (χ2v) is 5.65. The number of methoxy groups -OCH3 is 1. The number of benzene rings is 1. The third-order valence-electron chi connectivity index (χ3n) is 4.10. The molecule has 1 aromatic carbocycles. The number of hydrogen-bond acceptors (Lipinski definition) is 3. The monoisotopic (exact) mass is 281 g/mol. The third kappa shape index (κ3) is 3.49. The van der Waals surface area contributed by atoms with Gasteiger partial charge in [0.25, 0.3) is 0 Å². The highest BCUT2D eigenvalue weighted by atomic mass is 19.1. The Hall–Kier alpha value is -1.13. The lowest BCUT2D eigenvalue weighted by Gasteiger charge is -2.32. The highest BCUT2D eigenvalue weighted by Crippen LogP contribution is 2.37. The van der Waals surface area contributed by atoms with E-state index in [4.69, 9.17) is 4.74 Å². The molecule has 1 saturated carbocycles. The average Bonchev–Trinajstić information content (AvgIpc) is 3.24. The molecule has 0 heterocycles. The maximum Gasteiger partial charge on any atom is 0.146 e. The molecule has 1 aliphatic carbocycles. The molecule has 2 atom stereocenters. The highest BCUT2D eigenvalue weighted by molar-refractivity contribution is 5.50. The topological polar surface area (TPSA) is 32.7 Å². The van der Waals surface area contributed by atoms with E-state index in [-0.39, 0.29) is 5.82 Å². The van der Waals surface area contributed by atoms with E-state index < -0.39 is 6.10 Å². The van der Waals surface area contributed by atoms with Gasteiger partial charge < -0.3 is 14.7 Å². The predicted octanol–water partition coefficient (Wildman–Crippen LogP) is 3.13. The second-order valence-electron chi connectivity index (χ2n) is 5.65. The summed E-state index contributed by atoms with van der Waals surface area (Å²) in [5.41, 5.74) is 1.21. The fourth-order valence-electron chi connectivity index (χ4n) is 2.58. The van der Waals surface area contributed by atoms with Crippen LogP contribution in [0.2, 0.25) is 0 Å². The summed E-state index contributed by atoms with van der Waals surface area (Å²) in [6.07, 6.45) is 1.79. The van der Waals surface area contributed by atoms with Crippen LogP contribution in [0, 0.1) is 11.7 Å². The summed E-state index contributed by atoms with van der Waals surface area (Å²) in [7, 11) is 1.66. The van der Waals surface area contributed by atoms with Crippen LogP contribution in [0.1, 0.15) is 38.4 Å². The molecule has 0 spiro atoms. The van der Waals surface area contributed by atoms with E-state index in [1.54, 1.807) is 26.2 Å². The van der Waals surface area contributed by atoms with E-state index in [2.05, 4.69) is 11.8 Å². The summed E-state index contributed by atoms with van der Waals surface area (Å²) >= 11 is 0. The zero-order chi connectivity index (χ0) is 14.7. The molecular weight excluding hydrogens is 257 g/mol. The number of anilines is 1. The molecule has 0 aromatic heterocycles. The Balaban J connectivity index is 2.22. The first-order valence-electron chi connectivity index (χ1n) is 7.27. The van der Waals surface area contributed by atoms with Crippen LogP contribution in [0.5, 0.6) is 0 Å². The predicted molar refractivity (Wildman–Crippen MR) is 78.4 cm³/mol. The molecule has 2 rings (SSSR count). The maximum absolute atomic E-state index is 14.3. The van der Waals surface area contributed by atoms with Gasteiger partial charge in [0, 0.05) is 19.7 Å². The van der Waals surface area contributed by atoms with Gasteiger partial charge in [-0.15, -0.1) is 0 Å². The summed E-state index contributed by atoms with van der Waals surface area (Å²) in [6.45, 7) is 5.05. The van der Waals surface area contributed by atoms with Crippen molar-refractivity contribution in [1.82, 2.24) is 0 Å². The number of rotatable bonds is 7. The van der Waals surface area contributed by atoms with Gasteiger partial charge >= 0.3 is 0 Å². The van der Waals surface area contributed by atoms with Crippen molar-refractivity contribution in [2.45, 2.75) is 38.8 Å². The van der Waals surface area contributed by atoms with Crippen molar-refractivity contribution < 1.29 is 14.2 Å². The van der Waals surface area contributed by atoms with Gasteiger partial charge in [-0.3, -0.25) is 0 Å². The molecule has 112 valence electrons. The van der Waals surface area contributed by atoms with Crippen LogP contribution in [0.4, 0.5) is 10.1 Å². The lowest BCUT2D eigenvalue weighted by molar-refractivity contribution is 0.198. The van der Waals surface area contributed by atoms with Crippen molar-refractivity contribution in [3.8, 4) is 0 Å². The van der Waals surface area contributed by atoms with Crippen molar-refractivity contribution in [1.29, 1.82) is 0 Å². The van der Waals surface area contributed by atoms with Crippen LogP contribution >= 0.6 is 0 Å². The second kappa shape index (κ2) is 6.55. The first-order chi connectivity index (χ1) is 9.54. The van der Waals surface area contributed by atoms with Gasteiger partial charge in [0.05, 0.1) is 18.4 Å². The molecule has 0 aliphatic heterocycles. The van der Waals surface area contributed by atoms with Gasteiger partial charge in [-0.1, -0.05) is 6.07 Å². The zero-order valence-corrected chi connectivity index (χ0v) is 12.5. The molecule has 1 aliphatic rings. The first-order valence-corrected chi connectivity index (χ1v) is 7.27.